The number of halogens is 3. The molecular weight excluding hydrogens is 298 g/mol. The van der Waals surface area contributed by atoms with Crippen LogP contribution in [0.5, 0.6) is 0 Å². The molecule has 0 atom stereocenters. The van der Waals surface area contributed by atoms with Gasteiger partial charge in [-0.05, 0) is 24.3 Å². The summed E-state index contributed by atoms with van der Waals surface area (Å²) in [6.45, 7) is 0.485. The Labute approximate surface area is 125 Å². The number of H-pyrrole nitrogens is 1. The fourth-order valence-corrected chi connectivity index (χ4v) is 2.61. The molecule has 5 heteroatoms. The molecule has 2 aromatic carbocycles. The summed E-state index contributed by atoms with van der Waals surface area (Å²) in [4.78, 5) is 3.25. The number of benzene rings is 2. The number of rotatable bonds is 3. The topological polar surface area (TPSA) is 27.8 Å². The zero-order chi connectivity index (χ0) is 14.1. The SMILES string of the molecule is Fc1ccc(NCc2[nH]c3ccccc3c2Cl)c(Cl)c1. The highest BCUT2D eigenvalue weighted by Crippen LogP contribution is 2.29. The van der Waals surface area contributed by atoms with Gasteiger partial charge in [-0.1, -0.05) is 41.4 Å². The second-order valence-corrected chi connectivity index (χ2v) is 5.23. The smallest absolute Gasteiger partial charge is 0.124 e. The molecule has 0 fully saturated rings. The number of aromatic amines is 1. The highest BCUT2D eigenvalue weighted by Gasteiger charge is 2.09. The maximum atomic E-state index is 13.0. The predicted octanol–water partition coefficient (Wildman–Crippen LogP) is 5.23. The van der Waals surface area contributed by atoms with Crippen LogP contribution in [0.25, 0.3) is 10.9 Å². The summed E-state index contributed by atoms with van der Waals surface area (Å²) in [6.07, 6.45) is 0. The molecule has 3 aromatic rings. The van der Waals surface area contributed by atoms with Gasteiger partial charge in [0.25, 0.3) is 0 Å². The molecule has 0 unspecified atom stereocenters. The van der Waals surface area contributed by atoms with Crippen molar-refractivity contribution in [3.8, 4) is 0 Å². The number of hydrogen-bond acceptors (Lipinski definition) is 1. The van der Waals surface area contributed by atoms with E-state index in [1.807, 2.05) is 24.3 Å². The van der Waals surface area contributed by atoms with Crippen LogP contribution in [-0.2, 0) is 6.54 Å². The molecule has 0 aliphatic heterocycles. The van der Waals surface area contributed by atoms with Gasteiger partial charge in [0.2, 0.25) is 0 Å². The van der Waals surface area contributed by atoms with Crippen molar-refractivity contribution in [3.05, 3.63) is 64.0 Å². The van der Waals surface area contributed by atoms with E-state index in [1.165, 1.54) is 12.1 Å². The van der Waals surface area contributed by atoms with Crippen molar-refractivity contribution in [3.63, 3.8) is 0 Å². The molecule has 0 saturated heterocycles. The van der Waals surface area contributed by atoms with Crippen molar-refractivity contribution < 1.29 is 4.39 Å². The Morgan fingerprint density at radius 1 is 1.10 bits per heavy atom. The minimum atomic E-state index is -0.357. The minimum absolute atomic E-state index is 0.345. The quantitative estimate of drug-likeness (QED) is 0.681. The van der Waals surface area contributed by atoms with Gasteiger partial charge in [-0.2, -0.15) is 0 Å². The van der Waals surface area contributed by atoms with Gasteiger partial charge in [0.05, 0.1) is 28.0 Å². The van der Waals surface area contributed by atoms with Crippen molar-refractivity contribution >= 4 is 39.8 Å². The summed E-state index contributed by atoms with van der Waals surface area (Å²) in [5.74, 6) is -0.357. The molecule has 1 aromatic heterocycles. The van der Waals surface area contributed by atoms with Crippen LogP contribution in [-0.4, -0.2) is 4.98 Å². The molecule has 3 rings (SSSR count). The first-order chi connectivity index (χ1) is 9.65. The zero-order valence-corrected chi connectivity index (χ0v) is 11.9. The minimum Gasteiger partial charge on any atom is -0.378 e. The number of aromatic nitrogens is 1. The van der Waals surface area contributed by atoms with Gasteiger partial charge in [0.1, 0.15) is 5.82 Å². The Morgan fingerprint density at radius 3 is 2.65 bits per heavy atom. The summed E-state index contributed by atoms with van der Waals surface area (Å²) >= 11 is 12.3. The first kappa shape index (κ1) is 13.3. The van der Waals surface area contributed by atoms with E-state index < -0.39 is 0 Å². The Bertz CT molecular complexity index is 768. The van der Waals surface area contributed by atoms with Gasteiger partial charge in [0.15, 0.2) is 0 Å². The number of hydrogen-bond donors (Lipinski definition) is 2. The van der Waals surface area contributed by atoms with E-state index in [0.29, 0.717) is 22.3 Å². The second-order valence-electron chi connectivity index (χ2n) is 4.44. The molecule has 0 bridgehead atoms. The fourth-order valence-electron chi connectivity index (χ4n) is 2.10. The molecule has 102 valence electrons. The highest BCUT2D eigenvalue weighted by atomic mass is 35.5. The van der Waals surface area contributed by atoms with E-state index in [4.69, 9.17) is 23.2 Å². The van der Waals surface area contributed by atoms with Crippen molar-refractivity contribution in [2.75, 3.05) is 5.32 Å². The van der Waals surface area contributed by atoms with Crippen LogP contribution in [0.2, 0.25) is 10.0 Å². The molecule has 0 aliphatic rings. The lowest BCUT2D eigenvalue weighted by Crippen LogP contribution is -2.01. The maximum Gasteiger partial charge on any atom is 0.124 e. The van der Waals surface area contributed by atoms with E-state index in [0.717, 1.165) is 16.6 Å². The van der Waals surface area contributed by atoms with Crippen LogP contribution in [0.4, 0.5) is 10.1 Å². The predicted molar refractivity (Wildman–Crippen MR) is 82.0 cm³/mol. The molecule has 0 saturated carbocycles. The van der Waals surface area contributed by atoms with E-state index in [9.17, 15) is 4.39 Å². The Balaban J connectivity index is 1.85. The molecule has 0 spiro atoms. The lowest BCUT2D eigenvalue weighted by Gasteiger charge is -2.07. The van der Waals surface area contributed by atoms with Crippen molar-refractivity contribution in [2.45, 2.75) is 6.54 Å². The summed E-state index contributed by atoms with van der Waals surface area (Å²) in [5, 5.41) is 5.16. The molecule has 1 heterocycles. The number of nitrogens with one attached hydrogen (secondary N) is 2. The third-order valence-electron chi connectivity index (χ3n) is 3.10. The average Bonchev–Trinajstić information content (AvgIpc) is 2.75. The third-order valence-corrected chi connectivity index (χ3v) is 3.85. The van der Waals surface area contributed by atoms with E-state index >= 15 is 0 Å². The summed E-state index contributed by atoms with van der Waals surface area (Å²) in [6, 6.07) is 12.1. The molecular formula is C15H11Cl2FN2. The Kier molecular flexibility index (Phi) is 3.55. The first-order valence-electron chi connectivity index (χ1n) is 6.09. The van der Waals surface area contributed by atoms with Gasteiger partial charge in [-0.25, -0.2) is 4.39 Å². The van der Waals surface area contributed by atoms with Crippen LogP contribution in [0.15, 0.2) is 42.5 Å². The Morgan fingerprint density at radius 2 is 1.90 bits per heavy atom. The van der Waals surface area contributed by atoms with Crippen molar-refractivity contribution in [1.29, 1.82) is 0 Å². The van der Waals surface area contributed by atoms with Gasteiger partial charge in [-0.15, -0.1) is 0 Å². The highest BCUT2D eigenvalue weighted by molar-refractivity contribution is 6.36. The lowest BCUT2D eigenvalue weighted by atomic mass is 10.2. The third kappa shape index (κ3) is 2.47. The van der Waals surface area contributed by atoms with Crippen LogP contribution >= 0.6 is 23.2 Å². The Hall–Kier alpha value is -1.71. The van der Waals surface area contributed by atoms with E-state index in [1.54, 1.807) is 6.07 Å². The van der Waals surface area contributed by atoms with E-state index in [-0.39, 0.29) is 5.82 Å². The fraction of sp³-hybridized carbons (Fsp3) is 0.0667. The first-order valence-corrected chi connectivity index (χ1v) is 6.85. The maximum absolute atomic E-state index is 13.0. The standard InChI is InChI=1S/C15H11Cl2FN2/c16-11-7-9(18)5-6-13(11)19-8-14-15(17)10-3-1-2-4-12(10)20-14/h1-7,19-20H,8H2. The lowest BCUT2D eigenvalue weighted by molar-refractivity contribution is 0.628. The average molecular weight is 309 g/mol. The molecule has 2 nitrogen and oxygen atoms in total. The van der Waals surface area contributed by atoms with E-state index in [2.05, 4.69) is 10.3 Å². The molecule has 2 N–H and O–H groups in total. The molecule has 0 aliphatic carbocycles. The molecule has 0 amide bonds. The van der Waals surface area contributed by atoms with Gasteiger partial charge in [0, 0.05) is 10.9 Å². The number of para-hydroxylation sites is 1. The summed E-state index contributed by atoms with van der Waals surface area (Å²) in [5.41, 5.74) is 2.52. The van der Waals surface area contributed by atoms with Crippen LogP contribution in [0.3, 0.4) is 0 Å². The summed E-state index contributed by atoms with van der Waals surface area (Å²) < 4.78 is 13.0. The van der Waals surface area contributed by atoms with Crippen LogP contribution in [0, 0.1) is 5.82 Å². The van der Waals surface area contributed by atoms with Gasteiger partial charge in [-0.3, -0.25) is 0 Å². The van der Waals surface area contributed by atoms with Crippen molar-refractivity contribution in [1.82, 2.24) is 4.98 Å². The normalized spacial score (nSPS) is 10.9. The van der Waals surface area contributed by atoms with Gasteiger partial charge >= 0.3 is 0 Å². The number of anilines is 1. The summed E-state index contributed by atoms with van der Waals surface area (Å²) in [7, 11) is 0. The molecule has 0 radical (unpaired) electrons. The second kappa shape index (κ2) is 5.35. The monoisotopic (exact) mass is 308 g/mol. The van der Waals surface area contributed by atoms with Crippen LogP contribution in [0.1, 0.15) is 5.69 Å². The van der Waals surface area contributed by atoms with Gasteiger partial charge < -0.3 is 10.3 Å². The van der Waals surface area contributed by atoms with Crippen LogP contribution < -0.4 is 5.32 Å². The van der Waals surface area contributed by atoms with Crippen molar-refractivity contribution in [2.24, 2.45) is 0 Å². The molecule has 20 heavy (non-hydrogen) atoms. The number of fused-ring (bicyclic) bond motifs is 1. The largest absolute Gasteiger partial charge is 0.378 e. The zero-order valence-electron chi connectivity index (χ0n) is 10.4.